The number of hydrogen-bond donors (Lipinski definition) is 1. The van der Waals surface area contributed by atoms with Crippen LogP contribution in [0, 0.1) is 25.4 Å². The molecule has 0 saturated carbocycles. The zero-order valence-corrected chi connectivity index (χ0v) is 5.93. The summed E-state index contributed by atoms with van der Waals surface area (Å²) < 4.78 is 0. The molecule has 0 bridgehead atoms. The van der Waals surface area contributed by atoms with E-state index in [-0.39, 0.29) is 4.92 Å². The van der Waals surface area contributed by atoms with Crippen molar-refractivity contribution in [1.82, 2.24) is 0 Å². The van der Waals surface area contributed by atoms with Crippen molar-refractivity contribution in [2.24, 2.45) is 0 Å². The summed E-state index contributed by atoms with van der Waals surface area (Å²) in [5.41, 5.74) is 3.37. The van der Waals surface area contributed by atoms with E-state index in [4.69, 9.17) is 15.3 Å². The minimum atomic E-state index is -1.75. The molecule has 0 aromatic rings. The first-order valence-corrected chi connectivity index (χ1v) is 2.66. The van der Waals surface area contributed by atoms with E-state index in [1.807, 2.05) is 0 Å². The van der Waals surface area contributed by atoms with Gasteiger partial charge < -0.3 is 21.1 Å². The highest BCUT2D eigenvalue weighted by atomic mass is 16.9. The van der Waals surface area contributed by atoms with Crippen LogP contribution in [0.1, 0.15) is 6.92 Å². The Balaban J connectivity index is 0. The zero-order chi connectivity index (χ0) is 9.44. The van der Waals surface area contributed by atoms with E-state index in [1.54, 1.807) is 0 Å². The van der Waals surface area contributed by atoms with Crippen LogP contribution in [0.25, 0.3) is 0 Å². The average molecular weight is 167 g/mol. The van der Waals surface area contributed by atoms with Crippen LogP contribution in [-0.2, 0) is 0 Å². The van der Waals surface area contributed by atoms with Gasteiger partial charge in [0, 0.05) is 11.8 Å². The Morgan fingerprint density at radius 1 is 1.36 bits per heavy atom. The standard InChI is InChI=1S/C3H8N2O2.NO3/c1-3(2-4)5(6)7;2-1(3)4/h3H,2,4H2,1H3;/q;-1/p+1. The van der Waals surface area contributed by atoms with Gasteiger partial charge in [0.15, 0.2) is 0 Å². The van der Waals surface area contributed by atoms with Crippen molar-refractivity contribution in [3.05, 3.63) is 25.4 Å². The highest BCUT2D eigenvalue weighted by molar-refractivity contribution is 4.37. The normalized spacial score (nSPS) is 10.7. The molecule has 1 unspecified atom stereocenters. The molecule has 0 spiro atoms. The minimum Gasteiger partial charge on any atom is -0.356 e. The molecule has 3 N–H and O–H groups in total. The van der Waals surface area contributed by atoms with E-state index < -0.39 is 11.1 Å². The van der Waals surface area contributed by atoms with Gasteiger partial charge in [0.25, 0.3) is 6.04 Å². The van der Waals surface area contributed by atoms with Gasteiger partial charge in [-0.25, -0.2) is 0 Å². The van der Waals surface area contributed by atoms with Crippen LogP contribution >= 0.6 is 0 Å². The molecular weight excluding hydrogens is 158 g/mol. The Kier molecular flexibility index (Phi) is 7.44. The molecule has 0 saturated heterocycles. The quantitative estimate of drug-likeness (QED) is 0.400. The molecule has 0 aliphatic heterocycles. The fraction of sp³-hybridized carbons (Fsp3) is 1.00. The van der Waals surface area contributed by atoms with Crippen LogP contribution in [0.3, 0.4) is 0 Å². The van der Waals surface area contributed by atoms with Crippen molar-refractivity contribution in [2.45, 2.75) is 13.0 Å². The van der Waals surface area contributed by atoms with Crippen molar-refractivity contribution in [2.75, 3.05) is 6.54 Å². The smallest absolute Gasteiger partial charge is 0.257 e. The van der Waals surface area contributed by atoms with E-state index in [9.17, 15) is 10.1 Å². The molecule has 0 aliphatic rings. The molecule has 0 fully saturated rings. The summed E-state index contributed by atoms with van der Waals surface area (Å²) in [7, 11) is 0. The van der Waals surface area contributed by atoms with Gasteiger partial charge in [-0.2, -0.15) is 0 Å². The molecule has 11 heavy (non-hydrogen) atoms. The molecule has 8 nitrogen and oxygen atoms in total. The van der Waals surface area contributed by atoms with Gasteiger partial charge in [0.1, 0.15) is 6.54 Å². The average Bonchev–Trinajstić information content (AvgIpc) is 1.85. The van der Waals surface area contributed by atoms with E-state index in [2.05, 4.69) is 5.73 Å². The molecule has 1 atom stereocenters. The second-order valence-corrected chi connectivity index (χ2v) is 1.65. The van der Waals surface area contributed by atoms with Crippen LogP contribution in [0.15, 0.2) is 0 Å². The summed E-state index contributed by atoms with van der Waals surface area (Å²) in [6, 6.07) is -0.486. The summed E-state index contributed by atoms with van der Waals surface area (Å²) in [5, 5.41) is 24.4. The molecule has 0 aromatic heterocycles. The molecule has 0 radical (unpaired) electrons. The first-order valence-electron chi connectivity index (χ1n) is 2.66. The lowest BCUT2D eigenvalue weighted by Crippen LogP contribution is -2.56. The van der Waals surface area contributed by atoms with Crippen molar-refractivity contribution in [3.8, 4) is 0 Å². The number of hydrogen-bond acceptors (Lipinski definition) is 5. The maximum atomic E-state index is 9.70. The van der Waals surface area contributed by atoms with Gasteiger partial charge in [0.05, 0.1) is 5.09 Å². The summed E-state index contributed by atoms with van der Waals surface area (Å²) in [6.07, 6.45) is 0. The third-order valence-electron chi connectivity index (χ3n) is 0.778. The summed E-state index contributed by atoms with van der Waals surface area (Å²) in [6.45, 7) is 1.90. The second-order valence-electron chi connectivity index (χ2n) is 1.65. The summed E-state index contributed by atoms with van der Waals surface area (Å²) in [5.74, 6) is 0. The first-order chi connectivity index (χ1) is 4.91. The van der Waals surface area contributed by atoms with Crippen LogP contribution in [-0.4, -0.2) is 22.6 Å². The van der Waals surface area contributed by atoms with Gasteiger partial charge >= 0.3 is 0 Å². The Labute approximate surface area is 61.9 Å². The van der Waals surface area contributed by atoms with E-state index in [0.29, 0.717) is 6.54 Å². The predicted molar refractivity (Wildman–Crippen MR) is 34.6 cm³/mol. The lowest BCUT2D eigenvalue weighted by atomic mass is 10.4. The number of nitro groups is 1. The topological polar surface area (TPSA) is 137 Å². The van der Waals surface area contributed by atoms with Crippen molar-refractivity contribution in [1.29, 1.82) is 0 Å². The molecule has 66 valence electrons. The highest BCUT2D eigenvalue weighted by Gasteiger charge is 2.09. The molecule has 0 amide bonds. The third kappa shape index (κ3) is 17.7. The Morgan fingerprint density at radius 2 is 1.64 bits per heavy atom. The predicted octanol–water partition coefficient (Wildman–Crippen LogP) is -1.35. The fourth-order valence-corrected chi connectivity index (χ4v) is 0.105. The van der Waals surface area contributed by atoms with Gasteiger partial charge in [-0.3, -0.25) is 10.1 Å². The Hall–Kier alpha value is -1.44. The Morgan fingerprint density at radius 3 is 1.64 bits per heavy atom. The lowest BCUT2D eigenvalue weighted by molar-refractivity contribution is -0.556. The van der Waals surface area contributed by atoms with E-state index in [1.165, 1.54) is 6.92 Å². The monoisotopic (exact) mass is 167 g/mol. The zero-order valence-electron chi connectivity index (χ0n) is 5.93. The minimum absolute atomic E-state index is 0.340. The van der Waals surface area contributed by atoms with Crippen molar-refractivity contribution in [3.63, 3.8) is 0 Å². The first kappa shape index (κ1) is 12.3. The van der Waals surface area contributed by atoms with Crippen LogP contribution in [0.5, 0.6) is 0 Å². The largest absolute Gasteiger partial charge is 0.356 e. The van der Waals surface area contributed by atoms with Crippen molar-refractivity contribution < 1.29 is 15.7 Å². The number of rotatable bonds is 2. The summed E-state index contributed by atoms with van der Waals surface area (Å²) >= 11 is 0. The van der Waals surface area contributed by atoms with Crippen LogP contribution in [0.2, 0.25) is 0 Å². The fourth-order valence-electron chi connectivity index (χ4n) is 0.105. The number of quaternary nitrogens is 1. The molecule has 0 heterocycles. The second kappa shape index (κ2) is 6.68. The van der Waals surface area contributed by atoms with E-state index in [0.717, 1.165) is 0 Å². The Bertz CT molecular complexity index is 133. The molecule has 0 aromatic carbocycles. The maximum Gasteiger partial charge on any atom is 0.257 e. The van der Waals surface area contributed by atoms with Gasteiger partial charge in [-0.05, 0) is 0 Å². The van der Waals surface area contributed by atoms with Gasteiger partial charge in [-0.15, -0.1) is 0 Å². The van der Waals surface area contributed by atoms with Crippen molar-refractivity contribution >= 4 is 0 Å². The SMILES string of the molecule is CC(C[NH3+])[N+](=O)[O-].O=[N+]([O-])[O-]. The highest BCUT2D eigenvalue weighted by Crippen LogP contribution is 1.78. The molecular formula is C3H9N3O5. The van der Waals surface area contributed by atoms with Crippen LogP contribution < -0.4 is 5.73 Å². The van der Waals surface area contributed by atoms with Gasteiger partial charge in [0.2, 0.25) is 0 Å². The summed E-state index contributed by atoms with van der Waals surface area (Å²) in [4.78, 5) is 17.6. The molecule has 8 heteroatoms. The maximum absolute atomic E-state index is 9.70. The molecule has 0 aliphatic carbocycles. The lowest BCUT2D eigenvalue weighted by Gasteiger charge is -1.92. The number of nitrogens with zero attached hydrogens (tertiary/aromatic N) is 2. The van der Waals surface area contributed by atoms with Gasteiger partial charge in [-0.1, -0.05) is 0 Å². The molecule has 0 rings (SSSR count). The van der Waals surface area contributed by atoms with E-state index >= 15 is 0 Å². The van der Waals surface area contributed by atoms with Crippen LogP contribution in [0.4, 0.5) is 0 Å². The third-order valence-corrected chi connectivity index (χ3v) is 0.778.